The number of aryl methyl sites for hydroxylation is 1. The molecule has 0 unspecified atom stereocenters. The number of aliphatic hydroxyl groups excluding tert-OH is 1. The van der Waals surface area contributed by atoms with Gasteiger partial charge in [0.2, 0.25) is 10.0 Å². The number of rotatable bonds is 13. The van der Waals surface area contributed by atoms with Crippen molar-refractivity contribution in [1.82, 2.24) is 15.5 Å². The Morgan fingerprint density at radius 2 is 1.64 bits per heavy atom. The number of hydrogen-bond acceptors (Lipinski definition) is 6. The van der Waals surface area contributed by atoms with Crippen LogP contribution in [0.4, 0.5) is 14.5 Å². The van der Waals surface area contributed by atoms with Crippen LogP contribution in [-0.4, -0.2) is 67.8 Å². The zero-order chi connectivity index (χ0) is 32.7. The van der Waals surface area contributed by atoms with E-state index < -0.39 is 45.8 Å². The van der Waals surface area contributed by atoms with Gasteiger partial charge in [-0.1, -0.05) is 32.0 Å². The minimum Gasteiger partial charge on any atom is -0.390 e. The average molecular weight is 643 g/mol. The van der Waals surface area contributed by atoms with Gasteiger partial charge in [0.1, 0.15) is 11.6 Å². The van der Waals surface area contributed by atoms with Crippen LogP contribution in [0, 0.1) is 18.6 Å². The summed E-state index contributed by atoms with van der Waals surface area (Å²) in [6, 6.07) is 13.0. The van der Waals surface area contributed by atoms with Crippen LogP contribution in [0.3, 0.4) is 0 Å². The van der Waals surface area contributed by atoms with E-state index in [4.69, 9.17) is 0 Å². The highest BCUT2D eigenvalue weighted by atomic mass is 32.2. The van der Waals surface area contributed by atoms with Crippen LogP contribution in [0.1, 0.15) is 70.1 Å². The van der Waals surface area contributed by atoms with E-state index in [1.165, 1.54) is 6.07 Å². The van der Waals surface area contributed by atoms with E-state index in [1.807, 2.05) is 13.8 Å². The lowest BCUT2D eigenvalue weighted by Gasteiger charge is -2.30. The number of sulfonamides is 1. The van der Waals surface area contributed by atoms with Crippen LogP contribution in [0.2, 0.25) is 0 Å². The third kappa shape index (κ3) is 9.09. The predicted molar refractivity (Wildman–Crippen MR) is 170 cm³/mol. The molecule has 0 spiro atoms. The highest BCUT2D eigenvalue weighted by Gasteiger charge is 2.31. The van der Waals surface area contributed by atoms with Crippen molar-refractivity contribution in [2.45, 2.75) is 58.2 Å². The molecule has 12 heteroatoms. The van der Waals surface area contributed by atoms with Crippen molar-refractivity contribution in [3.05, 3.63) is 100 Å². The number of nitrogens with zero attached hydrogens (tertiary/aromatic N) is 1. The Morgan fingerprint density at radius 1 is 1.00 bits per heavy atom. The molecule has 0 aliphatic carbocycles. The van der Waals surface area contributed by atoms with E-state index in [0.29, 0.717) is 35.5 Å². The maximum absolute atomic E-state index is 14.0. The number of halogens is 2. The van der Waals surface area contributed by atoms with E-state index in [2.05, 4.69) is 15.4 Å². The van der Waals surface area contributed by atoms with E-state index >= 15 is 0 Å². The van der Waals surface area contributed by atoms with Gasteiger partial charge in [-0.05, 0) is 79.3 Å². The average Bonchev–Trinajstić information content (AvgIpc) is 2.97. The number of amides is 2. The fraction of sp³-hybridized carbons (Fsp3) is 0.394. The van der Waals surface area contributed by atoms with E-state index in [0.717, 1.165) is 31.0 Å². The lowest BCUT2D eigenvalue weighted by atomic mass is 9.98. The highest BCUT2D eigenvalue weighted by Crippen LogP contribution is 2.30. The lowest BCUT2D eigenvalue weighted by Crippen LogP contribution is -2.50. The third-order valence-electron chi connectivity index (χ3n) is 7.58. The molecule has 2 amide bonds. The Hall–Kier alpha value is -3.87. The summed E-state index contributed by atoms with van der Waals surface area (Å²) in [5, 5.41) is 17.2. The zero-order valence-electron chi connectivity index (χ0n) is 25.6. The van der Waals surface area contributed by atoms with Gasteiger partial charge in [0.25, 0.3) is 11.8 Å². The molecule has 0 radical (unpaired) electrons. The number of aliphatic hydroxyl groups is 1. The number of fused-ring (bicyclic) bond motifs is 1. The van der Waals surface area contributed by atoms with Crippen molar-refractivity contribution in [2.24, 2.45) is 0 Å². The van der Waals surface area contributed by atoms with Crippen molar-refractivity contribution in [1.29, 1.82) is 0 Å². The predicted octanol–water partition coefficient (Wildman–Crippen LogP) is 4.32. The fourth-order valence-electron chi connectivity index (χ4n) is 5.58. The van der Waals surface area contributed by atoms with Gasteiger partial charge in [-0.3, -0.25) is 14.3 Å². The molecule has 9 nitrogen and oxygen atoms in total. The summed E-state index contributed by atoms with van der Waals surface area (Å²) in [5.74, 6) is -2.64. The molecule has 242 valence electrons. The highest BCUT2D eigenvalue weighted by molar-refractivity contribution is 7.92. The molecule has 0 saturated heterocycles. The minimum atomic E-state index is -3.63. The Balaban J connectivity index is 1.58. The second kappa shape index (κ2) is 14.9. The maximum atomic E-state index is 14.0. The second-order valence-electron chi connectivity index (χ2n) is 11.4. The summed E-state index contributed by atoms with van der Waals surface area (Å²) >= 11 is 0. The summed E-state index contributed by atoms with van der Waals surface area (Å²) in [5.41, 5.74) is 2.58. The van der Waals surface area contributed by atoms with Crippen LogP contribution in [0.25, 0.3) is 0 Å². The van der Waals surface area contributed by atoms with Gasteiger partial charge in [0.15, 0.2) is 0 Å². The van der Waals surface area contributed by atoms with Crippen LogP contribution in [0.15, 0.2) is 60.7 Å². The standard InChI is InChI=1S/C33H40F2N4O5S/c1-4-10-39(11-5-2)33(42)24-13-21(3)12-23(17-24)32(41)37-29(16-22-14-25(34)18-26(35)15-22)31(40)19-36-30-20-45(43,44)38-28-9-7-6-8-27(28)30/h6-9,12-15,17-18,29-31,36,38,40H,4-5,10-11,16,19-20H2,1-3H3,(H,37,41)/t29-,30+,31+/m1/s1. The first-order valence-corrected chi connectivity index (χ1v) is 16.7. The first-order chi connectivity index (χ1) is 21.4. The monoisotopic (exact) mass is 642 g/mol. The summed E-state index contributed by atoms with van der Waals surface area (Å²) < 4.78 is 55.5. The molecule has 0 bridgehead atoms. The minimum absolute atomic E-state index is 0.122. The van der Waals surface area contributed by atoms with Crippen molar-refractivity contribution < 1.29 is 31.9 Å². The van der Waals surface area contributed by atoms with Gasteiger partial charge in [0, 0.05) is 36.8 Å². The normalized spacial score (nSPS) is 16.6. The molecule has 1 aliphatic rings. The van der Waals surface area contributed by atoms with E-state index in [-0.39, 0.29) is 35.8 Å². The number of hydrogen-bond donors (Lipinski definition) is 4. The van der Waals surface area contributed by atoms with Crippen molar-refractivity contribution in [2.75, 3.05) is 30.1 Å². The van der Waals surface area contributed by atoms with Gasteiger partial charge in [0.05, 0.1) is 29.6 Å². The molecule has 1 aliphatic heterocycles. The summed E-state index contributed by atoms with van der Waals surface area (Å²) in [7, 11) is -3.63. The summed E-state index contributed by atoms with van der Waals surface area (Å²) in [6.45, 7) is 6.76. The third-order valence-corrected chi connectivity index (χ3v) is 8.88. The molecule has 3 aromatic carbocycles. The summed E-state index contributed by atoms with van der Waals surface area (Å²) in [6.07, 6.45) is 0.158. The molecule has 1 heterocycles. The van der Waals surface area contributed by atoms with Gasteiger partial charge in [-0.2, -0.15) is 0 Å². The van der Waals surface area contributed by atoms with Crippen LogP contribution in [0.5, 0.6) is 0 Å². The van der Waals surface area contributed by atoms with Gasteiger partial charge < -0.3 is 20.6 Å². The Bertz CT molecular complexity index is 1610. The van der Waals surface area contributed by atoms with Crippen LogP contribution < -0.4 is 15.4 Å². The Labute approximate surface area is 263 Å². The molecule has 0 fully saturated rings. The molecule has 4 rings (SSSR count). The van der Waals surface area contributed by atoms with Gasteiger partial charge in [-0.15, -0.1) is 0 Å². The van der Waals surface area contributed by atoms with Crippen molar-refractivity contribution in [3.8, 4) is 0 Å². The molecule has 3 aromatic rings. The Morgan fingerprint density at radius 3 is 2.31 bits per heavy atom. The molecule has 0 saturated carbocycles. The molecule has 45 heavy (non-hydrogen) atoms. The van der Waals surface area contributed by atoms with Crippen molar-refractivity contribution in [3.63, 3.8) is 0 Å². The first kappa shape index (κ1) is 34.0. The molecular formula is C33H40F2N4O5S. The number of carbonyl (C=O) groups is 2. The van der Waals surface area contributed by atoms with Crippen LogP contribution in [-0.2, 0) is 16.4 Å². The van der Waals surface area contributed by atoms with Crippen LogP contribution >= 0.6 is 0 Å². The molecule has 3 atom stereocenters. The lowest BCUT2D eigenvalue weighted by molar-refractivity contribution is 0.0755. The molecule has 0 aromatic heterocycles. The number of anilines is 1. The number of nitrogens with one attached hydrogen (secondary N) is 3. The van der Waals surface area contributed by atoms with Gasteiger partial charge >= 0.3 is 0 Å². The van der Waals surface area contributed by atoms with E-state index in [1.54, 1.807) is 48.2 Å². The largest absolute Gasteiger partial charge is 0.390 e. The second-order valence-corrected chi connectivity index (χ2v) is 13.2. The zero-order valence-corrected chi connectivity index (χ0v) is 26.5. The first-order valence-electron chi connectivity index (χ1n) is 15.1. The number of benzene rings is 3. The molecule has 4 N–H and O–H groups in total. The maximum Gasteiger partial charge on any atom is 0.253 e. The Kier molecular flexibility index (Phi) is 11.3. The smallest absolute Gasteiger partial charge is 0.253 e. The fourth-order valence-corrected chi connectivity index (χ4v) is 6.92. The topological polar surface area (TPSA) is 128 Å². The molecular weight excluding hydrogens is 602 g/mol. The van der Waals surface area contributed by atoms with E-state index in [9.17, 15) is 31.9 Å². The number of carbonyl (C=O) groups excluding carboxylic acids is 2. The summed E-state index contributed by atoms with van der Waals surface area (Å²) in [4.78, 5) is 28.6. The van der Waals surface area contributed by atoms with Gasteiger partial charge in [-0.25, -0.2) is 17.2 Å². The number of para-hydroxylation sites is 1. The van der Waals surface area contributed by atoms with Crippen molar-refractivity contribution >= 4 is 27.5 Å². The SMILES string of the molecule is CCCN(CCC)C(=O)c1cc(C)cc(C(=O)N[C@H](Cc2cc(F)cc(F)c2)[C@@H](O)CN[C@H]2CS(=O)(=O)Nc3ccccc32)c1. The quantitative estimate of drug-likeness (QED) is 0.220.